The summed E-state index contributed by atoms with van der Waals surface area (Å²) in [6.45, 7) is -0.672. The van der Waals surface area contributed by atoms with Crippen LogP contribution >= 0.6 is 15.6 Å². The number of phosphoric acid groups is 2. The predicted molar refractivity (Wildman–Crippen MR) is 104 cm³/mol. The molecule has 6 N–H and O–H groups in total. The van der Waals surface area contributed by atoms with Crippen LogP contribution < -0.4 is 11.4 Å². The number of rotatable bonds is 10. The molecule has 17 heteroatoms. The van der Waals surface area contributed by atoms with Gasteiger partial charge in [0, 0.05) is 6.20 Å². The lowest BCUT2D eigenvalue weighted by atomic mass is 10.1. The monoisotopic (exact) mass is 489 g/mol. The summed E-state index contributed by atoms with van der Waals surface area (Å²) >= 11 is 0. The number of quaternary nitrogens is 1. The first-order valence-electron chi connectivity index (χ1n) is 8.93. The molecule has 0 aliphatic carbocycles. The van der Waals surface area contributed by atoms with Gasteiger partial charge >= 0.3 is 21.3 Å². The number of aliphatic hydroxyl groups is 2. The molecular weight excluding hydrogens is 462 g/mol. The normalized spacial score (nSPS) is 26.7. The van der Waals surface area contributed by atoms with Crippen molar-refractivity contribution in [3.63, 3.8) is 0 Å². The molecule has 1 aromatic rings. The van der Waals surface area contributed by atoms with Crippen LogP contribution in [0.5, 0.6) is 0 Å². The maximum atomic E-state index is 12.7. The van der Waals surface area contributed by atoms with Gasteiger partial charge in [0.2, 0.25) is 0 Å². The van der Waals surface area contributed by atoms with Crippen LogP contribution in [0.1, 0.15) is 6.23 Å². The van der Waals surface area contributed by atoms with Crippen LogP contribution in [0.4, 0.5) is 5.82 Å². The standard InChI is InChI=1S/C14H26N4O11P2/c1-18(2,3)6-7-26-31(25,29-30(22,23)24)27-8-9-11(19)12(20)13(28-9)17-5-4-10(15)16-14(17)21/h4-5,9,11-13,19-20H,6-8H2,1-3H3,(H3-,15,16,21,22,23,24)/p+1/t9-,11-,12-,13-,31?/m0/s1. The maximum Gasteiger partial charge on any atom is 0.484 e. The lowest BCUT2D eigenvalue weighted by Gasteiger charge is -2.25. The van der Waals surface area contributed by atoms with E-state index in [2.05, 4.69) is 9.29 Å². The van der Waals surface area contributed by atoms with Crippen LogP contribution in [0.25, 0.3) is 0 Å². The number of aliphatic hydroxyl groups excluding tert-OH is 2. The topological polar surface area (TPSA) is 213 Å². The minimum atomic E-state index is -5.26. The highest BCUT2D eigenvalue weighted by molar-refractivity contribution is 7.61. The highest BCUT2D eigenvalue weighted by Gasteiger charge is 2.46. The molecule has 1 fully saturated rings. The van der Waals surface area contributed by atoms with E-state index in [1.54, 1.807) is 21.1 Å². The lowest BCUT2D eigenvalue weighted by Crippen LogP contribution is -2.37. The van der Waals surface area contributed by atoms with E-state index in [0.717, 1.165) is 4.57 Å². The molecule has 31 heavy (non-hydrogen) atoms. The quantitative estimate of drug-likeness (QED) is 0.185. The number of hydrogen-bond acceptors (Lipinski definition) is 11. The second-order valence-corrected chi connectivity index (χ2v) is 10.8. The van der Waals surface area contributed by atoms with E-state index in [4.69, 9.17) is 29.3 Å². The van der Waals surface area contributed by atoms with Crippen molar-refractivity contribution in [3.8, 4) is 0 Å². The molecule has 1 aromatic heterocycles. The van der Waals surface area contributed by atoms with Gasteiger partial charge in [0.1, 0.15) is 37.3 Å². The van der Waals surface area contributed by atoms with E-state index in [1.165, 1.54) is 12.3 Å². The summed E-state index contributed by atoms with van der Waals surface area (Å²) in [4.78, 5) is 33.5. The van der Waals surface area contributed by atoms with E-state index in [0.29, 0.717) is 11.0 Å². The molecule has 178 valence electrons. The lowest BCUT2D eigenvalue weighted by molar-refractivity contribution is -0.870. The Bertz CT molecular complexity index is 914. The van der Waals surface area contributed by atoms with Crippen LogP contribution in [-0.4, -0.2) is 93.2 Å². The SMILES string of the molecule is C[N+](C)(C)CCOP(=O)(OC[C@@H]1O[C@H](n2ccc(N)nc2=O)[C@@H](O)[C@H]1O)OP(=O)(O)O. The van der Waals surface area contributed by atoms with Crippen molar-refractivity contribution < 1.29 is 51.7 Å². The first kappa shape index (κ1) is 26.0. The molecule has 15 nitrogen and oxygen atoms in total. The van der Waals surface area contributed by atoms with E-state index in [-0.39, 0.29) is 12.4 Å². The smallest absolute Gasteiger partial charge is 0.387 e. The van der Waals surface area contributed by atoms with Crippen LogP contribution in [-0.2, 0) is 27.2 Å². The van der Waals surface area contributed by atoms with Crippen LogP contribution in [0.3, 0.4) is 0 Å². The zero-order valence-corrected chi connectivity index (χ0v) is 18.8. The molecule has 2 heterocycles. The number of nitrogens with zero attached hydrogens (tertiary/aromatic N) is 3. The molecule has 0 amide bonds. The summed E-state index contributed by atoms with van der Waals surface area (Å²) in [6.07, 6.45) is -4.72. The second-order valence-electron chi connectivity index (χ2n) is 7.75. The molecule has 0 saturated carbocycles. The molecule has 1 saturated heterocycles. The molecule has 2 rings (SSSR count). The molecule has 1 aliphatic heterocycles. The molecular formula is C14H27N4O11P2+. The first-order chi connectivity index (χ1) is 14.1. The van der Waals surface area contributed by atoms with Crippen LogP contribution in [0.15, 0.2) is 17.1 Å². The Morgan fingerprint density at radius 2 is 1.87 bits per heavy atom. The van der Waals surface area contributed by atoms with Crippen molar-refractivity contribution in [1.82, 2.24) is 9.55 Å². The Kier molecular flexibility index (Phi) is 8.17. The summed E-state index contributed by atoms with van der Waals surface area (Å²) in [5.74, 6) is -0.0595. The van der Waals surface area contributed by atoms with Gasteiger partial charge in [0.15, 0.2) is 6.23 Å². The van der Waals surface area contributed by atoms with Crippen LogP contribution in [0, 0.1) is 0 Å². The zero-order valence-electron chi connectivity index (χ0n) is 17.0. The first-order valence-corrected chi connectivity index (χ1v) is 11.9. The van der Waals surface area contributed by atoms with Crippen molar-refractivity contribution in [1.29, 1.82) is 0 Å². The van der Waals surface area contributed by atoms with Crippen molar-refractivity contribution >= 4 is 21.5 Å². The fourth-order valence-corrected chi connectivity index (χ4v) is 4.65. The summed E-state index contributed by atoms with van der Waals surface area (Å²) in [6, 6.07) is 1.28. The number of anilines is 1. The predicted octanol–water partition coefficient (Wildman–Crippen LogP) is -1.60. The fourth-order valence-electron chi connectivity index (χ4n) is 2.52. The Labute approximate surface area is 177 Å². The third kappa shape index (κ3) is 7.70. The number of ether oxygens (including phenoxy) is 1. The molecule has 1 aliphatic rings. The minimum Gasteiger partial charge on any atom is -0.387 e. The van der Waals surface area contributed by atoms with Crippen LogP contribution in [0.2, 0.25) is 0 Å². The van der Waals surface area contributed by atoms with Gasteiger partial charge in [-0.2, -0.15) is 9.29 Å². The molecule has 0 aromatic carbocycles. The number of hydrogen-bond donors (Lipinski definition) is 5. The number of phosphoric ester groups is 1. The van der Waals surface area contributed by atoms with E-state index in [9.17, 15) is 24.1 Å². The van der Waals surface area contributed by atoms with Gasteiger partial charge in [-0.3, -0.25) is 13.6 Å². The largest absolute Gasteiger partial charge is 0.484 e. The highest BCUT2D eigenvalue weighted by atomic mass is 31.3. The third-order valence-corrected chi connectivity index (χ3v) is 6.69. The second kappa shape index (κ2) is 9.73. The average molecular weight is 489 g/mol. The summed E-state index contributed by atoms with van der Waals surface area (Å²) in [7, 11) is -4.63. The molecule has 0 radical (unpaired) electrons. The summed E-state index contributed by atoms with van der Waals surface area (Å²) < 4.78 is 44.6. The number of aromatic nitrogens is 2. The summed E-state index contributed by atoms with van der Waals surface area (Å²) in [5, 5.41) is 20.4. The van der Waals surface area contributed by atoms with Crippen molar-refractivity contribution in [2.45, 2.75) is 24.5 Å². The number of nitrogen functional groups attached to an aromatic ring is 1. The molecule has 1 unspecified atom stereocenters. The third-order valence-electron chi connectivity index (χ3n) is 4.08. The highest BCUT2D eigenvalue weighted by Crippen LogP contribution is 2.61. The van der Waals surface area contributed by atoms with Gasteiger partial charge in [-0.05, 0) is 6.07 Å². The zero-order chi connectivity index (χ0) is 23.6. The van der Waals surface area contributed by atoms with Gasteiger partial charge in [-0.25, -0.2) is 13.9 Å². The Morgan fingerprint density at radius 1 is 1.23 bits per heavy atom. The van der Waals surface area contributed by atoms with Gasteiger partial charge in [0.25, 0.3) is 0 Å². The van der Waals surface area contributed by atoms with Gasteiger partial charge < -0.3 is 35.0 Å². The number of likely N-dealkylation sites (N-methyl/N-ethyl adjacent to an activating group) is 1. The van der Waals surface area contributed by atoms with Crippen molar-refractivity contribution in [2.75, 3.05) is 46.6 Å². The Balaban J connectivity index is 2.10. The van der Waals surface area contributed by atoms with Gasteiger partial charge in [0.05, 0.1) is 27.7 Å². The maximum absolute atomic E-state index is 12.7. The summed E-state index contributed by atoms with van der Waals surface area (Å²) in [5.41, 5.74) is 4.56. The van der Waals surface area contributed by atoms with Gasteiger partial charge in [-0.1, -0.05) is 0 Å². The van der Waals surface area contributed by atoms with Crippen molar-refractivity contribution in [2.24, 2.45) is 0 Å². The molecule has 5 atom stereocenters. The molecule has 0 spiro atoms. The van der Waals surface area contributed by atoms with E-state index >= 15 is 0 Å². The van der Waals surface area contributed by atoms with E-state index in [1.807, 2.05) is 0 Å². The minimum absolute atomic E-state index is 0.0595. The Hall–Kier alpha value is -1.22. The number of nitrogens with two attached hydrogens (primary N) is 1. The average Bonchev–Trinajstić information content (AvgIpc) is 2.86. The molecule has 0 bridgehead atoms. The fraction of sp³-hybridized carbons (Fsp3) is 0.714. The van der Waals surface area contributed by atoms with Crippen molar-refractivity contribution in [3.05, 3.63) is 22.7 Å². The van der Waals surface area contributed by atoms with Gasteiger partial charge in [-0.15, -0.1) is 0 Å². The Morgan fingerprint density at radius 3 is 2.42 bits per heavy atom. The van der Waals surface area contributed by atoms with E-state index < -0.39 is 52.5 Å².